The van der Waals surface area contributed by atoms with E-state index in [0.29, 0.717) is 12.3 Å². The van der Waals surface area contributed by atoms with Crippen LogP contribution in [0.3, 0.4) is 0 Å². The Hall–Kier alpha value is -1.21. The number of hydrogen-bond acceptors (Lipinski definition) is 4. The molecule has 0 amide bonds. The minimum Gasteiger partial charge on any atom is -0.490 e. The van der Waals surface area contributed by atoms with Crippen LogP contribution in [0.4, 0.5) is 8.78 Å². The summed E-state index contributed by atoms with van der Waals surface area (Å²) in [5.74, 6) is -2.65. The Labute approximate surface area is 123 Å². The summed E-state index contributed by atoms with van der Waals surface area (Å²) in [6.07, 6.45) is 4.12. The topological polar surface area (TPSA) is 69.4 Å². The van der Waals surface area contributed by atoms with Gasteiger partial charge in [0, 0.05) is 5.92 Å². The lowest BCUT2D eigenvalue weighted by atomic mass is 9.86. The lowest BCUT2D eigenvalue weighted by Crippen LogP contribution is -2.35. The molecule has 0 bridgehead atoms. The van der Waals surface area contributed by atoms with E-state index in [9.17, 15) is 17.2 Å². The molecule has 2 atom stereocenters. The van der Waals surface area contributed by atoms with Gasteiger partial charge in [-0.15, -0.1) is 0 Å². The van der Waals surface area contributed by atoms with Crippen molar-refractivity contribution in [3.05, 3.63) is 24.3 Å². The summed E-state index contributed by atoms with van der Waals surface area (Å²) in [7, 11) is -4.55. The van der Waals surface area contributed by atoms with Gasteiger partial charge in [0.2, 0.25) is 9.84 Å². The van der Waals surface area contributed by atoms with E-state index in [0.717, 1.165) is 37.8 Å². The van der Waals surface area contributed by atoms with E-state index in [2.05, 4.69) is 0 Å². The zero-order valence-corrected chi connectivity index (χ0v) is 12.4. The van der Waals surface area contributed by atoms with Crippen LogP contribution in [0.15, 0.2) is 29.2 Å². The summed E-state index contributed by atoms with van der Waals surface area (Å²) < 4.78 is 53.3. The van der Waals surface area contributed by atoms with Gasteiger partial charge in [-0.1, -0.05) is 6.42 Å². The maximum atomic E-state index is 12.4. The number of benzene rings is 1. The zero-order valence-electron chi connectivity index (χ0n) is 11.5. The van der Waals surface area contributed by atoms with Gasteiger partial charge in [0.05, 0.1) is 4.90 Å². The average molecular weight is 319 g/mol. The minimum absolute atomic E-state index is 0.00121. The molecular formula is C14H19F2NO3S. The van der Waals surface area contributed by atoms with Crippen LogP contribution < -0.4 is 10.5 Å². The maximum Gasteiger partial charge on any atom is 0.341 e. The van der Waals surface area contributed by atoms with Crippen LogP contribution in [0, 0.1) is 5.92 Å². The fraction of sp³-hybridized carbons (Fsp3) is 0.571. The van der Waals surface area contributed by atoms with Crippen LogP contribution in [-0.2, 0) is 9.84 Å². The van der Waals surface area contributed by atoms with Gasteiger partial charge < -0.3 is 10.5 Å². The number of hydrogen-bond donors (Lipinski definition) is 1. The molecule has 1 aromatic rings. The van der Waals surface area contributed by atoms with Crippen molar-refractivity contribution in [3.63, 3.8) is 0 Å². The molecule has 118 valence electrons. The first kappa shape index (κ1) is 16.2. The second-order valence-corrected chi connectivity index (χ2v) is 7.13. The fourth-order valence-electron chi connectivity index (χ4n) is 2.58. The molecule has 4 nitrogen and oxygen atoms in total. The van der Waals surface area contributed by atoms with Crippen LogP contribution in [-0.4, -0.2) is 26.8 Å². The molecule has 0 spiro atoms. The van der Waals surface area contributed by atoms with Crippen LogP contribution in [0.5, 0.6) is 5.75 Å². The molecule has 0 radical (unpaired) electrons. The van der Waals surface area contributed by atoms with E-state index < -0.39 is 20.5 Å². The summed E-state index contributed by atoms with van der Waals surface area (Å²) >= 11 is 0. The van der Waals surface area contributed by atoms with E-state index in [-0.39, 0.29) is 12.0 Å². The van der Waals surface area contributed by atoms with E-state index in [1.54, 1.807) is 0 Å². The van der Waals surface area contributed by atoms with Gasteiger partial charge in [0.1, 0.15) is 11.9 Å². The molecule has 2 unspecified atom stereocenters. The number of alkyl halides is 2. The van der Waals surface area contributed by atoms with Gasteiger partial charge in [-0.2, -0.15) is 8.78 Å². The normalized spacial score (nSPS) is 23.2. The highest BCUT2D eigenvalue weighted by molar-refractivity contribution is 7.91. The molecule has 1 aromatic carbocycles. The van der Waals surface area contributed by atoms with Crippen molar-refractivity contribution in [3.8, 4) is 5.75 Å². The molecule has 21 heavy (non-hydrogen) atoms. The van der Waals surface area contributed by atoms with Crippen molar-refractivity contribution in [2.75, 3.05) is 6.54 Å². The maximum absolute atomic E-state index is 12.4. The Kier molecular flexibility index (Phi) is 5.16. The van der Waals surface area contributed by atoms with Crippen LogP contribution in [0.2, 0.25) is 0 Å². The highest BCUT2D eigenvalue weighted by Crippen LogP contribution is 2.29. The van der Waals surface area contributed by atoms with E-state index in [4.69, 9.17) is 10.5 Å². The van der Waals surface area contributed by atoms with Crippen molar-refractivity contribution in [1.29, 1.82) is 0 Å². The van der Waals surface area contributed by atoms with Crippen LogP contribution >= 0.6 is 0 Å². The van der Waals surface area contributed by atoms with Gasteiger partial charge in [0.15, 0.2) is 0 Å². The molecular weight excluding hydrogens is 300 g/mol. The first-order chi connectivity index (χ1) is 9.95. The Balaban J connectivity index is 2.09. The smallest absolute Gasteiger partial charge is 0.341 e. The molecule has 1 aliphatic carbocycles. The first-order valence-corrected chi connectivity index (χ1v) is 8.48. The van der Waals surface area contributed by atoms with E-state index >= 15 is 0 Å². The summed E-state index contributed by atoms with van der Waals surface area (Å²) in [5, 5.41) is 0. The fourth-order valence-corrected chi connectivity index (χ4v) is 3.31. The standard InChI is InChI=1S/C14H19F2NO3S/c15-14(16)21(18,19)12-7-5-11(6-8-12)20-13-4-2-1-3-10(13)9-17/h5-8,10,13-14H,1-4,9,17H2. The molecule has 0 saturated heterocycles. The van der Waals surface area contributed by atoms with Crippen molar-refractivity contribution >= 4 is 9.84 Å². The van der Waals surface area contributed by atoms with Crippen LogP contribution in [0.1, 0.15) is 25.7 Å². The quantitative estimate of drug-likeness (QED) is 0.905. The molecule has 0 aromatic heterocycles. The predicted octanol–water partition coefficient (Wildman–Crippen LogP) is 2.58. The van der Waals surface area contributed by atoms with Gasteiger partial charge in [-0.25, -0.2) is 8.42 Å². The summed E-state index contributed by atoms with van der Waals surface area (Å²) in [6, 6.07) is 5.13. The number of rotatable bonds is 5. The highest BCUT2D eigenvalue weighted by atomic mass is 32.2. The Bertz CT molecular complexity index is 560. The average Bonchev–Trinajstić information content (AvgIpc) is 2.48. The molecule has 0 aliphatic heterocycles. The van der Waals surface area contributed by atoms with Gasteiger partial charge in [0.25, 0.3) is 0 Å². The summed E-state index contributed by atoms with van der Waals surface area (Å²) in [6.45, 7) is 0.544. The summed E-state index contributed by atoms with van der Waals surface area (Å²) in [4.78, 5) is -0.399. The molecule has 1 fully saturated rings. The van der Waals surface area contributed by atoms with Crippen molar-refractivity contribution in [2.45, 2.75) is 42.4 Å². The monoisotopic (exact) mass is 319 g/mol. The SMILES string of the molecule is NCC1CCCCC1Oc1ccc(S(=O)(=O)C(F)F)cc1. The number of halogens is 2. The third-order valence-corrected chi connectivity index (χ3v) is 5.21. The highest BCUT2D eigenvalue weighted by Gasteiger charge is 2.28. The zero-order chi connectivity index (χ0) is 15.5. The molecule has 0 heterocycles. The molecule has 2 rings (SSSR count). The number of ether oxygens (including phenoxy) is 1. The molecule has 2 N–H and O–H groups in total. The second-order valence-electron chi connectivity index (χ2n) is 5.21. The largest absolute Gasteiger partial charge is 0.490 e. The van der Waals surface area contributed by atoms with Crippen molar-refractivity contribution in [1.82, 2.24) is 0 Å². The number of sulfone groups is 1. The van der Waals surface area contributed by atoms with Gasteiger partial charge in [-0.3, -0.25) is 0 Å². The second kappa shape index (κ2) is 6.70. The first-order valence-electron chi connectivity index (χ1n) is 6.94. The minimum atomic E-state index is -4.55. The van der Waals surface area contributed by atoms with Crippen molar-refractivity contribution < 1.29 is 21.9 Å². The Morgan fingerprint density at radius 3 is 2.38 bits per heavy atom. The Morgan fingerprint density at radius 2 is 1.81 bits per heavy atom. The molecule has 1 aliphatic rings. The predicted molar refractivity (Wildman–Crippen MR) is 75.1 cm³/mol. The third-order valence-electron chi connectivity index (χ3n) is 3.82. The lowest BCUT2D eigenvalue weighted by molar-refractivity contribution is 0.0969. The van der Waals surface area contributed by atoms with E-state index in [1.165, 1.54) is 12.1 Å². The molecule has 7 heteroatoms. The third kappa shape index (κ3) is 3.71. The number of nitrogens with two attached hydrogens (primary N) is 1. The molecule has 1 saturated carbocycles. The Morgan fingerprint density at radius 1 is 1.19 bits per heavy atom. The van der Waals surface area contributed by atoms with Gasteiger partial charge in [-0.05, 0) is 50.1 Å². The van der Waals surface area contributed by atoms with Crippen molar-refractivity contribution in [2.24, 2.45) is 11.7 Å². The summed E-state index contributed by atoms with van der Waals surface area (Å²) in [5.41, 5.74) is 5.72. The van der Waals surface area contributed by atoms with Gasteiger partial charge >= 0.3 is 5.76 Å². The van der Waals surface area contributed by atoms with Crippen LogP contribution in [0.25, 0.3) is 0 Å². The van der Waals surface area contributed by atoms with E-state index in [1.807, 2.05) is 0 Å². The lowest BCUT2D eigenvalue weighted by Gasteiger charge is -2.31.